The molecule has 0 aliphatic rings. The molecule has 0 amide bonds. The van der Waals surface area contributed by atoms with Gasteiger partial charge in [0.1, 0.15) is 5.75 Å². The lowest BCUT2D eigenvalue weighted by Gasteiger charge is -2.01. The molecule has 0 atom stereocenters. The molecule has 1 N–H and O–H groups in total. The molecule has 3 aromatic carbocycles. The fourth-order valence-electron chi connectivity index (χ4n) is 3.08. The third kappa shape index (κ3) is 5.31. The van der Waals surface area contributed by atoms with E-state index in [1.807, 2.05) is 90.3 Å². The minimum atomic E-state index is 0.209. The summed E-state index contributed by atoms with van der Waals surface area (Å²) in [7, 11) is 0. The van der Waals surface area contributed by atoms with Crippen LogP contribution in [0.5, 0.6) is 5.75 Å². The number of nitrogens with zero attached hydrogens (tertiary/aromatic N) is 4. The number of ether oxygens (including phenoxy) is 1. The molecule has 162 valence electrons. The van der Waals surface area contributed by atoms with Crippen LogP contribution >= 0.6 is 11.3 Å². The number of thiazole rings is 1. The minimum Gasteiger partial charge on any atom is -0.484 e. The molecule has 0 unspecified atom stereocenters. The molecule has 2 aromatic heterocycles. The van der Waals surface area contributed by atoms with Gasteiger partial charge in [-0.05, 0) is 23.8 Å². The molecular formula is C25H19N5O2S. The number of anilines is 1. The van der Waals surface area contributed by atoms with E-state index in [2.05, 4.69) is 25.7 Å². The lowest BCUT2D eigenvalue weighted by atomic mass is 10.1. The van der Waals surface area contributed by atoms with E-state index in [4.69, 9.17) is 9.26 Å². The highest BCUT2D eigenvalue weighted by atomic mass is 32.1. The molecule has 0 radical (unpaired) electrons. The van der Waals surface area contributed by atoms with E-state index < -0.39 is 0 Å². The topological polar surface area (TPSA) is 85.4 Å². The predicted molar refractivity (Wildman–Crippen MR) is 129 cm³/mol. The quantitative estimate of drug-likeness (QED) is 0.233. The van der Waals surface area contributed by atoms with E-state index in [-0.39, 0.29) is 6.61 Å². The summed E-state index contributed by atoms with van der Waals surface area (Å²) >= 11 is 1.51. The molecule has 0 bridgehead atoms. The fourth-order valence-corrected chi connectivity index (χ4v) is 3.75. The Labute approximate surface area is 194 Å². The third-order valence-electron chi connectivity index (χ3n) is 4.67. The number of para-hydroxylation sites is 1. The first-order chi connectivity index (χ1) is 16.3. The lowest BCUT2D eigenvalue weighted by molar-refractivity contribution is 0.243. The van der Waals surface area contributed by atoms with Crippen molar-refractivity contribution >= 4 is 22.7 Å². The molecule has 0 spiro atoms. The van der Waals surface area contributed by atoms with Gasteiger partial charge >= 0.3 is 0 Å². The van der Waals surface area contributed by atoms with Crippen LogP contribution in [0.1, 0.15) is 11.5 Å². The summed E-state index contributed by atoms with van der Waals surface area (Å²) in [5.74, 6) is 1.66. The number of nitrogens with one attached hydrogen (secondary N) is 1. The van der Waals surface area contributed by atoms with Crippen LogP contribution in [-0.2, 0) is 6.61 Å². The van der Waals surface area contributed by atoms with Gasteiger partial charge < -0.3 is 9.26 Å². The van der Waals surface area contributed by atoms with Crippen LogP contribution in [-0.4, -0.2) is 21.3 Å². The van der Waals surface area contributed by atoms with Gasteiger partial charge in [-0.25, -0.2) is 4.98 Å². The number of aromatic nitrogens is 3. The Morgan fingerprint density at radius 2 is 1.70 bits per heavy atom. The van der Waals surface area contributed by atoms with E-state index in [9.17, 15) is 0 Å². The Morgan fingerprint density at radius 1 is 0.909 bits per heavy atom. The van der Waals surface area contributed by atoms with Gasteiger partial charge in [0.2, 0.25) is 11.0 Å². The molecular weight excluding hydrogens is 434 g/mol. The number of rotatable bonds is 8. The maximum Gasteiger partial charge on any atom is 0.264 e. The zero-order valence-electron chi connectivity index (χ0n) is 17.5. The van der Waals surface area contributed by atoms with Crippen molar-refractivity contribution in [1.82, 2.24) is 15.1 Å². The summed E-state index contributed by atoms with van der Waals surface area (Å²) in [6.07, 6.45) is 1.73. The van der Waals surface area contributed by atoms with Crippen molar-refractivity contribution in [3.63, 3.8) is 0 Å². The molecule has 0 saturated heterocycles. The zero-order chi connectivity index (χ0) is 22.3. The number of hydrazone groups is 1. The van der Waals surface area contributed by atoms with E-state index in [0.29, 0.717) is 11.7 Å². The fraction of sp³-hybridized carbons (Fsp3) is 0.0400. The Hall–Kier alpha value is -4.30. The number of benzene rings is 3. The Kier molecular flexibility index (Phi) is 6.17. The SMILES string of the molecule is C(=NNc1nc(-c2ccccc2)cs1)c1cccc(-c2noc(COc3ccccc3)n2)c1. The van der Waals surface area contributed by atoms with Crippen LogP contribution in [0.3, 0.4) is 0 Å². The molecule has 5 rings (SSSR count). The Balaban J connectivity index is 1.21. The van der Waals surface area contributed by atoms with Gasteiger partial charge in [-0.2, -0.15) is 10.1 Å². The van der Waals surface area contributed by atoms with Crippen LogP contribution in [0, 0.1) is 0 Å². The van der Waals surface area contributed by atoms with Gasteiger partial charge in [0.05, 0.1) is 11.9 Å². The average molecular weight is 454 g/mol. The Morgan fingerprint density at radius 3 is 2.55 bits per heavy atom. The molecule has 8 heteroatoms. The second-order valence-corrected chi connectivity index (χ2v) is 7.87. The Bertz CT molecular complexity index is 1350. The highest BCUT2D eigenvalue weighted by molar-refractivity contribution is 7.14. The summed E-state index contributed by atoms with van der Waals surface area (Å²) in [5, 5.41) is 11.1. The molecule has 5 aromatic rings. The van der Waals surface area contributed by atoms with Crippen molar-refractivity contribution < 1.29 is 9.26 Å². The van der Waals surface area contributed by atoms with E-state index in [1.165, 1.54) is 11.3 Å². The number of hydrogen-bond acceptors (Lipinski definition) is 8. The van der Waals surface area contributed by atoms with Crippen molar-refractivity contribution in [2.75, 3.05) is 5.43 Å². The normalized spacial score (nSPS) is 11.0. The maximum atomic E-state index is 5.66. The molecule has 0 aliphatic heterocycles. The smallest absolute Gasteiger partial charge is 0.264 e. The van der Waals surface area contributed by atoms with Gasteiger partial charge in [-0.3, -0.25) is 5.43 Å². The van der Waals surface area contributed by atoms with Crippen LogP contribution in [0.25, 0.3) is 22.6 Å². The van der Waals surface area contributed by atoms with Crippen molar-refractivity contribution in [3.8, 4) is 28.4 Å². The minimum absolute atomic E-state index is 0.209. The third-order valence-corrected chi connectivity index (χ3v) is 5.41. The van der Waals surface area contributed by atoms with E-state index in [1.54, 1.807) is 6.21 Å². The van der Waals surface area contributed by atoms with Gasteiger partial charge in [0.25, 0.3) is 5.89 Å². The van der Waals surface area contributed by atoms with Crippen LogP contribution in [0.15, 0.2) is 99.9 Å². The molecule has 2 heterocycles. The van der Waals surface area contributed by atoms with Crippen molar-refractivity contribution in [1.29, 1.82) is 0 Å². The standard InChI is InChI=1S/C25H19N5O2S/c1-3-9-19(10-4-1)22-17-33-25(27-22)29-26-15-18-8-7-11-20(14-18)24-28-23(32-30-24)16-31-21-12-5-2-6-13-21/h1-15,17H,16H2,(H,27,29). The zero-order valence-corrected chi connectivity index (χ0v) is 18.3. The molecule has 7 nitrogen and oxygen atoms in total. The predicted octanol–water partition coefficient (Wildman–Crippen LogP) is 5.89. The average Bonchev–Trinajstić information content (AvgIpc) is 3.54. The van der Waals surface area contributed by atoms with Crippen molar-refractivity contribution in [2.45, 2.75) is 6.61 Å². The molecule has 33 heavy (non-hydrogen) atoms. The van der Waals surface area contributed by atoms with E-state index in [0.717, 1.165) is 33.3 Å². The van der Waals surface area contributed by atoms with E-state index >= 15 is 0 Å². The van der Waals surface area contributed by atoms with Gasteiger partial charge in [0, 0.05) is 16.5 Å². The van der Waals surface area contributed by atoms with Gasteiger partial charge in [-0.15, -0.1) is 11.3 Å². The highest BCUT2D eigenvalue weighted by Gasteiger charge is 2.10. The molecule has 0 fully saturated rings. The molecule has 0 aliphatic carbocycles. The second-order valence-electron chi connectivity index (χ2n) is 7.01. The van der Waals surface area contributed by atoms with Crippen molar-refractivity contribution in [2.24, 2.45) is 5.10 Å². The highest BCUT2D eigenvalue weighted by Crippen LogP contribution is 2.24. The van der Waals surface area contributed by atoms with Gasteiger partial charge in [-0.1, -0.05) is 71.9 Å². The molecule has 0 saturated carbocycles. The van der Waals surface area contributed by atoms with Crippen molar-refractivity contribution in [3.05, 3.63) is 102 Å². The first kappa shape index (κ1) is 20.6. The lowest BCUT2D eigenvalue weighted by Crippen LogP contribution is -1.95. The van der Waals surface area contributed by atoms with Crippen LogP contribution in [0.4, 0.5) is 5.13 Å². The largest absolute Gasteiger partial charge is 0.484 e. The van der Waals surface area contributed by atoms with Crippen LogP contribution < -0.4 is 10.2 Å². The summed E-state index contributed by atoms with van der Waals surface area (Å²) in [6, 6.07) is 27.3. The number of hydrogen-bond donors (Lipinski definition) is 1. The monoisotopic (exact) mass is 453 g/mol. The summed E-state index contributed by atoms with van der Waals surface area (Å²) < 4.78 is 11.0. The maximum absolute atomic E-state index is 5.66. The van der Waals surface area contributed by atoms with Gasteiger partial charge in [0.15, 0.2) is 6.61 Å². The van der Waals surface area contributed by atoms with Crippen LogP contribution in [0.2, 0.25) is 0 Å². The second kappa shape index (κ2) is 9.88. The first-order valence-corrected chi connectivity index (χ1v) is 11.1. The first-order valence-electron chi connectivity index (χ1n) is 10.2. The summed E-state index contributed by atoms with van der Waals surface area (Å²) in [5.41, 5.74) is 6.71. The summed E-state index contributed by atoms with van der Waals surface area (Å²) in [4.78, 5) is 8.99. The summed E-state index contributed by atoms with van der Waals surface area (Å²) in [6.45, 7) is 0.209.